The number of hydrogen-bond donors (Lipinski definition) is 1. The number of nitrogens with zero attached hydrogens (tertiary/aromatic N) is 4. The van der Waals surface area contributed by atoms with Crippen molar-refractivity contribution in [3.63, 3.8) is 0 Å². The number of carbonyl (C=O) groups excluding carboxylic acids is 2. The number of hydrogen-bond acceptors (Lipinski definition) is 4. The van der Waals surface area contributed by atoms with E-state index in [4.69, 9.17) is 10.1 Å². The number of para-hydroxylation sites is 1. The van der Waals surface area contributed by atoms with E-state index in [9.17, 15) is 9.59 Å². The molecule has 0 radical (unpaired) electrons. The number of hydrazine groups is 1. The molecule has 7 nitrogen and oxygen atoms in total. The monoisotopic (exact) mass is 559 g/mol. The van der Waals surface area contributed by atoms with Gasteiger partial charge in [-0.1, -0.05) is 109 Å². The molecule has 7 heteroatoms. The lowest BCUT2D eigenvalue weighted by atomic mass is 10.1. The average molecular weight is 560 g/mol. The molecule has 0 saturated heterocycles. The Morgan fingerprint density at radius 2 is 1.33 bits per heavy atom. The lowest BCUT2D eigenvalue weighted by molar-refractivity contribution is -0.120. The van der Waals surface area contributed by atoms with E-state index in [1.165, 1.54) is 5.01 Å². The lowest BCUT2D eigenvalue weighted by Crippen LogP contribution is -2.53. The molecule has 0 spiro atoms. The highest BCUT2D eigenvalue weighted by Crippen LogP contribution is 2.27. The van der Waals surface area contributed by atoms with Gasteiger partial charge in [0, 0.05) is 28.5 Å². The van der Waals surface area contributed by atoms with Crippen LogP contribution in [0.3, 0.4) is 0 Å². The molecule has 0 unspecified atom stereocenters. The van der Waals surface area contributed by atoms with Gasteiger partial charge in [-0.3, -0.25) is 15.0 Å². The zero-order valence-electron chi connectivity index (χ0n) is 23.0. The third kappa shape index (κ3) is 5.11. The van der Waals surface area contributed by atoms with E-state index in [0.29, 0.717) is 28.2 Å². The molecule has 1 aliphatic rings. The van der Waals surface area contributed by atoms with E-state index in [1.807, 2.05) is 134 Å². The highest BCUT2D eigenvalue weighted by molar-refractivity contribution is 6.18. The molecule has 7 rings (SSSR count). The summed E-state index contributed by atoms with van der Waals surface area (Å²) in [5, 5.41) is 8.03. The molecule has 0 fully saturated rings. The maximum Gasteiger partial charge on any atom is 0.288 e. The number of carbonyl (C=O) groups is 2. The van der Waals surface area contributed by atoms with Crippen molar-refractivity contribution >= 4 is 34.5 Å². The van der Waals surface area contributed by atoms with Crippen LogP contribution in [0.25, 0.3) is 33.8 Å². The standard InChI is InChI=1S/C36H25N5O2/c42-35-32(23-30-24-40(31-18-8-3-9-19-31)38-33(30)26-13-4-1-5-14-26)37-34(27-15-6-2-7-16-27)41(39-35)36(43)29-21-20-25-12-10-11-17-28(25)22-29/h1-24H,(H,39,42)/b32-23-. The molecule has 0 atom stereocenters. The predicted molar refractivity (Wildman–Crippen MR) is 168 cm³/mol. The Morgan fingerprint density at radius 3 is 2.05 bits per heavy atom. The Morgan fingerprint density at radius 1 is 0.698 bits per heavy atom. The van der Waals surface area contributed by atoms with Gasteiger partial charge in [-0.05, 0) is 41.1 Å². The van der Waals surface area contributed by atoms with Gasteiger partial charge in [0.15, 0.2) is 5.84 Å². The number of aliphatic imine (C=N–C) groups is 1. The molecular formula is C36H25N5O2. The van der Waals surface area contributed by atoms with Gasteiger partial charge in [0.1, 0.15) is 11.4 Å². The first-order chi connectivity index (χ1) is 21.1. The summed E-state index contributed by atoms with van der Waals surface area (Å²) in [6.45, 7) is 0. The number of amidine groups is 1. The predicted octanol–water partition coefficient (Wildman–Crippen LogP) is 6.67. The second-order valence-corrected chi connectivity index (χ2v) is 10.1. The molecule has 0 aliphatic carbocycles. The van der Waals surface area contributed by atoms with Crippen LogP contribution in [0.15, 0.2) is 150 Å². The van der Waals surface area contributed by atoms with Crippen molar-refractivity contribution in [2.24, 2.45) is 4.99 Å². The zero-order valence-corrected chi connectivity index (χ0v) is 23.0. The maximum atomic E-state index is 13.8. The van der Waals surface area contributed by atoms with E-state index in [1.54, 1.807) is 16.8 Å². The summed E-state index contributed by atoms with van der Waals surface area (Å²) in [5.41, 5.74) is 7.29. The Kier molecular flexibility index (Phi) is 6.65. The van der Waals surface area contributed by atoms with Crippen LogP contribution in [-0.4, -0.2) is 32.4 Å². The Bertz CT molecular complexity index is 2030. The lowest BCUT2D eigenvalue weighted by Gasteiger charge is -2.29. The number of rotatable bonds is 5. The summed E-state index contributed by atoms with van der Waals surface area (Å²) in [6.07, 6.45) is 3.59. The van der Waals surface area contributed by atoms with E-state index in [2.05, 4.69) is 5.43 Å². The first-order valence-electron chi connectivity index (χ1n) is 13.8. The van der Waals surface area contributed by atoms with E-state index < -0.39 is 5.91 Å². The molecule has 0 saturated carbocycles. The van der Waals surface area contributed by atoms with Crippen molar-refractivity contribution in [2.45, 2.75) is 0 Å². The molecule has 5 aromatic carbocycles. The Hall–Kier alpha value is -6.08. The molecule has 1 aromatic heterocycles. The van der Waals surface area contributed by atoms with Crippen LogP contribution >= 0.6 is 0 Å². The van der Waals surface area contributed by atoms with Gasteiger partial charge in [0.05, 0.1) is 5.69 Å². The van der Waals surface area contributed by atoms with Crippen molar-refractivity contribution in [2.75, 3.05) is 0 Å². The number of nitrogens with one attached hydrogen (secondary N) is 1. The quantitative estimate of drug-likeness (QED) is 0.240. The van der Waals surface area contributed by atoms with Crippen LogP contribution in [0.5, 0.6) is 0 Å². The molecule has 43 heavy (non-hydrogen) atoms. The highest BCUT2D eigenvalue weighted by Gasteiger charge is 2.31. The van der Waals surface area contributed by atoms with Gasteiger partial charge in [-0.15, -0.1) is 0 Å². The fourth-order valence-corrected chi connectivity index (χ4v) is 5.08. The van der Waals surface area contributed by atoms with Gasteiger partial charge >= 0.3 is 0 Å². The average Bonchev–Trinajstić information content (AvgIpc) is 3.50. The van der Waals surface area contributed by atoms with Crippen molar-refractivity contribution in [1.82, 2.24) is 20.2 Å². The maximum absolute atomic E-state index is 13.8. The number of benzene rings is 5. The SMILES string of the molecule is O=C1NN(C(=O)c2ccc3ccccc3c2)C(c2ccccc2)=N/C1=C\c1cn(-c2ccccc2)nc1-c1ccccc1. The molecule has 1 aliphatic heterocycles. The smallest absolute Gasteiger partial charge is 0.267 e. The van der Waals surface area contributed by atoms with Crippen LogP contribution in [0, 0.1) is 0 Å². The fraction of sp³-hybridized carbons (Fsp3) is 0. The molecule has 0 bridgehead atoms. The minimum Gasteiger partial charge on any atom is -0.267 e. The van der Waals surface area contributed by atoms with Crippen LogP contribution in [0.4, 0.5) is 0 Å². The van der Waals surface area contributed by atoms with E-state index in [0.717, 1.165) is 22.0 Å². The van der Waals surface area contributed by atoms with Crippen LogP contribution in [0.2, 0.25) is 0 Å². The highest BCUT2D eigenvalue weighted by atomic mass is 16.2. The summed E-state index contributed by atoms with van der Waals surface area (Å²) < 4.78 is 1.78. The first kappa shape index (κ1) is 25.9. The summed E-state index contributed by atoms with van der Waals surface area (Å²) in [6, 6.07) is 42.2. The summed E-state index contributed by atoms with van der Waals surface area (Å²) in [4.78, 5) is 32.2. The van der Waals surface area contributed by atoms with Crippen molar-refractivity contribution in [3.05, 3.63) is 162 Å². The van der Waals surface area contributed by atoms with Crippen molar-refractivity contribution < 1.29 is 9.59 Å². The van der Waals surface area contributed by atoms with E-state index >= 15 is 0 Å². The van der Waals surface area contributed by atoms with Crippen molar-refractivity contribution in [3.8, 4) is 16.9 Å². The molecule has 1 N–H and O–H groups in total. The minimum absolute atomic E-state index is 0.159. The second-order valence-electron chi connectivity index (χ2n) is 10.1. The Labute approximate surface area is 248 Å². The third-order valence-electron chi connectivity index (χ3n) is 7.22. The number of amides is 2. The van der Waals surface area contributed by atoms with Crippen LogP contribution in [0.1, 0.15) is 21.5 Å². The molecule has 2 amide bonds. The minimum atomic E-state index is -0.500. The van der Waals surface area contributed by atoms with Gasteiger partial charge in [0.2, 0.25) is 0 Å². The van der Waals surface area contributed by atoms with Crippen LogP contribution < -0.4 is 5.43 Å². The van der Waals surface area contributed by atoms with Gasteiger partial charge in [0.25, 0.3) is 11.8 Å². The molecular weight excluding hydrogens is 534 g/mol. The van der Waals surface area contributed by atoms with Crippen molar-refractivity contribution in [1.29, 1.82) is 0 Å². The van der Waals surface area contributed by atoms with Gasteiger partial charge in [-0.2, -0.15) is 10.1 Å². The van der Waals surface area contributed by atoms with Gasteiger partial charge in [-0.25, -0.2) is 9.67 Å². The second kappa shape index (κ2) is 11.1. The summed E-state index contributed by atoms with van der Waals surface area (Å²) in [7, 11) is 0. The largest absolute Gasteiger partial charge is 0.288 e. The number of aromatic nitrogens is 2. The first-order valence-corrected chi connectivity index (χ1v) is 13.8. The third-order valence-corrected chi connectivity index (χ3v) is 7.22. The van der Waals surface area contributed by atoms with Crippen LogP contribution in [-0.2, 0) is 4.79 Å². The van der Waals surface area contributed by atoms with E-state index in [-0.39, 0.29) is 11.6 Å². The molecule has 2 heterocycles. The fourth-order valence-electron chi connectivity index (χ4n) is 5.08. The normalized spacial score (nSPS) is 14.0. The Balaban J connectivity index is 1.34. The molecule has 206 valence electrons. The summed E-state index contributed by atoms with van der Waals surface area (Å²) in [5.74, 6) is -0.566. The summed E-state index contributed by atoms with van der Waals surface area (Å²) >= 11 is 0. The number of fused-ring (bicyclic) bond motifs is 1. The van der Waals surface area contributed by atoms with Gasteiger partial charge < -0.3 is 0 Å². The topological polar surface area (TPSA) is 79.6 Å². The zero-order chi connectivity index (χ0) is 29.2. The molecule has 6 aromatic rings.